The number of anilines is 1. The van der Waals surface area contributed by atoms with Crippen molar-refractivity contribution >= 4 is 23.5 Å². The fourth-order valence-electron chi connectivity index (χ4n) is 4.44. The molecule has 27 heavy (non-hydrogen) atoms. The van der Waals surface area contributed by atoms with Crippen LogP contribution < -0.4 is 10.6 Å². The van der Waals surface area contributed by atoms with Crippen molar-refractivity contribution in [3.63, 3.8) is 0 Å². The number of aromatic nitrogens is 3. The maximum Gasteiger partial charge on any atom is 0.233 e. The van der Waals surface area contributed by atoms with Gasteiger partial charge in [-0.3, -0.25) is 9.47 Å². The molecule has 3 N–H and O–H groups in total. The molecule has 0 radical (unpaired) electrons. The molecule has 1 aromatic heterocycles. The molecule has 2 aromatic rings. The second kappa shape index (κ2) is 5.74. The smallest absolute Gasteiger partial charge is 0.233 e. The van der Waals surface area contributed by atoms with Gasteiger partial charge in [-0.25, -0.2) is 0 Å². The van der Waals surface area contributed by atoms with Gasteiger partial charge in [-0.15, -0.1) is 10.2 Å². The Morgan fingerprint density at radius 3 is 2.74 bits per heavy atom. The number of rotatable bonds is 1. The van der Waals surface area contributed by atoms with Crippen LogP contribution in [0.3, 0.4) is 0 Å². The lowest BCUT2D eigenvalue weighted by Crippen LogP contribution is -2.74. The molecule has 10 heteroatoms. The first-order chi connectivity index (χ1) is 13.0. The van der Waals surface area contributed by atoms with Crippen LogP contribution in [0.5, 0.6) is 0 Å². The molecule has 0 saturated carbocycles. The highest BCUT2D eigenvalue weighted by Gasteiger charge is 2.53. The second-order valence-electron chi connectivity index (χ2n) is 7.87. The van der Waals surface area contributed by atoms with Crippen molar-refractivity contribution in [3.8, 4) is 5.69 Å². The Hall–Kier alpha value is -2.52. The minimum Gasteiger partial charge on any atom is -0.408 e. The van der Waals surface area contributed by atoms with Crippen LogP contribution in [0.1, 0.15) is 11.4 Å². The van der Waals surface area contributed by atoms with Gasteiger partial charge in [-0.05, 0) is 30.8 Å². The van der Waals surface area contributed by atoms with E-state index in [1.165, 1.54) is 5.56 Å². The van der Waals surface area contributed by atoms with Crippen LogP contribution in [0.2, 0.25) is 5.02 Å². The number of nitrogens with zero attached hydrogens (tertiary/aromatic N) is 7. The number of halogens is 1. The van der Waals surface area contributed by atoms with Crippen LogP contribution in [0.15, 0.2) is 23.4 Å². The number of hydrogen-bond acceptors (Lipinski definition) is 6. The molecule has 2 saturated heterocycles. The third kappa shape index (κ3) is 2.53. The van der Waals surface area contributed by atoms with Gasteiger partial charge in [0.05, 0.1) is 12.2 Å². The number of oxime groups is 1. The Bertz CT molecular complexity index is 927. The summed E-state index contributed by atoms with van der Waals surface area (Å²) in [4.78, 5) is 6.35. The zero-order valence-corrected chi connectivity index (χ0v) is 15.8. The van der Waals surface area contributed by atoms with Crippen molar-refractivity contribution in [3.05, 3.63) is 34.6 Å². The van der Waals surface area contributed by atoms with Crippen molar-refractivity contribution in [1.29, 1.82) is 0 Å². The Morgan fingerprint density at radius 2 is 2.00 bits per heavy atom. The summed E-state index contributed by atoms with van der Waals surface area (Å²) in [5, 5.41) is 21.6. The summed E-state index contributed by atoms with van der Waals surface area (Å²) in [7, 11) is 2.07. The minimum absolute atomic E-state index is 0.185. The van der Waals surface area contributed by atoms with E-state index in [9.17, 15) is 0 Å². The van der Waals surface area contributed by atoms with Crippen LogP contribution in [-0.4, -0.2) is 69.0 Å². The number of guanidine groups is 1. The fraction of sp³-hybridized carbons (Fsp3) is 0.471. The van der Waals surface area contributed by atoms with E-state index >= 15 is 0 Å². The predicted molar refractivity (Wildman–Crippen MR) is 101 cm³/mol. The van der Waals surface area contributed by atoms with Crippen molar-refractivity contribution in [2.24, 2.45) is 16.3 Å². The largest absolute Gasteiger partial charge is 0.408 e. The van der Waals surface area contributed by atoms with E-state index in [0.29, 0.717) is 0 Å². The zero-order valence-electron chi connectivity index (χ0n) is 15.0. The van der Waals surface area contributed by atoms with Gasteiger partial charge < -0.3 is 20.7 Å². The molecule has 1 aromatic carbocycles. The summed E-state index contributed by atoms with van der Waals surface area (Å²) < 4.78 is 2.15. The van der Waals surface area contributed by atoms with E-state index in [1.54, 1.807) is 0 Å². The predicted octanol–water partition coefficient (Wildman–Crippen LogP) is 0.692. The fourth-order valence-corrected chi connectivity index (χ4v) is 4.64. The molecule has 4 heterocycles. The summed E-state index contributed by atoms with van der Waals surface area (Å²) >= 11 is 6.22. The monoisotopic (exact) mass is 388 g/mol. The number of hydrogen-bond donors (Lipinski definition) is 2. The first-order valence-corrected chi connectivity index (χ1v) is 9.25. The Kier molecular flexibility index (Phi) is 3.54. The molecule has 9 nitrogen and oxygen atoms in total. The lowest BCUT2D eigenvalue weighted by molar-refractivity contribution is 0.0248. The van der Waals surface area contributed by atoms with Gasteiger partial charge in [-0.1, -0.05) is 16.8 Å². The first kappa shape index (κ1) is 16.6. The maximum atomic E-state index is 8.80. The van der Waals surface area contributed by atoms with Crippen molar-refractivity contribution < 1.29 is 5.21 Å². The molecule has 3 aliphatic heterocycles. The first-order valence-electron chi connectivity index (χ1n) is 8.87. The van der Waals surface area contributed by atoms with E-state index in [-0.39, 0.29) is 11.4 Å². The summed E-state index contributed by atoms with van der Waals surface area (Å²) in [6, 6.07) is 5.98. The molecule has 2 fully saturated rings. The van der Waals surface area contributed by atoms with E-state index in [2.05, 4.69) is 36.8 Å². The number of likely N-dealkylation sites (tertiary alicyclic amines) is 1. The normalized spacial score (nSPS) is 21.3. The zero-order chi connectivity index (χ0) is 18.8. The summed E-state index contributed by atoms with van der Waals surface area (Å²) in [6.45, 7) is 4.93. The van der Waals surface area contributed by atoms with Gasteiger partial charge in [0.2, 0.25) is 11.9 Å². The molecule has 142 valence electrons. The molecular formula is C17H21ClN8O. The summed E-state index contributed by atoms with van der Waals surface area (Å²) in [5.74, 6) is 1.99. The van der Waals surface area contributed by atoms with E-state index in [1.807, 2.05) is 23.1 Å². The highest BCUT2D eigenvalue weighted by Crippen LogP contribution is 2.42. The van der Waals surface area contributed by atoms with Crippen molar-refractivity contribution in [2.45, 2.75) is 13.1 Å². The number of fused-ring (bicyclic) bond motifs is 3. The van der Waals surface area contributed by atoms with Gasteiger partial charge in [0.15, 0.2) is 5.82 Å². The lowest BCUT2D eigenvalue weighted by atomic mass is 9.73. The highest BCUT2D eigenvalue weighted by atomic mass is 35.5. The van der Waals surface area contributed by atoms with Gasteiger partial charge in [-0.2, -0.15) is 0 Å². The molecule has 3 aliphatic rings. The van der Waals surface area contributed by atoms with Gasteiger partial charge >= 0.3 is 0 Å². The third-order valence-electron chi connectivity index (χ3n) is 5.66. The molecule has 0 unspecified atom stereocenters. The van der Waals surface area contributed by atoms with E-state index < -0.39 is 0 Å². The summed E-state index contributed by atoms with van der Waals surface area (Å²) in [5.41, 5.74) is 8.11. The molecule has 1 spiro atoms. The second-order valence-corrected chi connectivity index (χ2v) is 8.30. The van der Waals surface area contributed by atoms with Crippen LogP contribution in [0, 0.1) is 5.41 Å². The molecular weight excluding hydrogens is 368 g/mol. The Labute approximate surface area is 161 Å². The van der Waals surface area contributed by atoms with Gasteiger partial charge in [0, 0.05) is 43.2 Å². The van der Waals surface area contributed by atoms with Gasteiger partial charge in [0.25, 0.3) is 0 Å². The number of nitrogens with two attached hydrogens (primary N) is 1. The van der Waals surface area contributed by atoms with E-state index in [0.717, 1.165) is 61.8 Å². The van der Waals surface area contributed by atoms with Crippen LogP contribution in [0.4, 0.5) is 5.95 Å². The van der Waals surface area contributed by atoms with Crippen LogP contribution in [-0.2, 0) is 13.1 Å². The molecule has 0 amide bonds. The standard InChI is InChI=1S/C17H21ClN8O/c1-23-5-11-4-12(18)2-3-13(11)26-14(6-23)20-21-16(26)25-9-17(10-25)7-24(8-17)15(19)22-27/h2-4,27H,5-10H2,1H3,(H2,19,22). The van der Waals surface area contributed by atoms with Crippen molar-refractivity contribution in [2.75, 3.05) is 38.1 Å². The lowest BCUT2D eigenvalue weighted by Gasteiger charge is -2.60. The molecule has 0 bridgehead atoms. The molecule has 0 atom stereocenters. The Morgan fingerprint density at radius 1 is 1.22 bits per heavy atom. The Balaban J connectivity index is 1.43. The molecule has 0 aliphatic carbocycles. The highest BCUT2D eigenvalue weighted by molar-refractivity contribution is 6.30. The quantitative estimate of drug-likeness (QED) is 0.321. The molecule has 5 rings (SSSR count). The maximum absolute atomic E-state index is 8.80. The summed E-state index contributed by atoms with van der Waals surface area (Å²) in [6.07, 6.45) is 0. The van der Waals surface area contributed by atoms with Crippen molar-refractivity contribution in [1.82, 2.24) is 24.6 Å². The van der Waals surface area contributed by atoms with Gasteiger partial charge in [0.1, 0.15) is 0 Å². The average Bonchev–Trinajstić information content (AvgIpc) is 2.89. The van der Waals surface area contributed by atoms with Crippen LogP contribution in [0.25, 0.3) is 5.69 Å². The topological polar surface area (TPSA) is 99.0 Å². The van der Waals surface area contributed by atoms with Crippen LogP contribution >= 0.6 is 11.6 Å². The number of benzene rings is 1. The average molecular weight is 389 g/mol. The minimum atomic E-state index is 0.185. The third-order valence-corrected chi connectivity index (χ3v) is 5.90. The SMILES string of the molecule is CN1Cc2cc(Cl)ccc2-n2c(nnc2N2CC3(CN(C(N)=NO)C3)C2)C1. The van der Waals surface area contributed by atoms with E-state index in [4.69, 9.17) is 22.5 Å².